The molecule has 10 aromatic carbocycles. The van der Waals surface area contributed by atoms with Crippen LogP contribution >= 0.6 is 56.7 Å². The molecular weight excluding hydrogens is 1540 g/mol. The van der Waals surface area contributed by atoms with E-state index in [2.05, 4.69) is 260 Å². The lowest BCUT2D eigenvalue weighted by molar-refractivity contribution is 0.303. The van der Waals surface area contributed by atoms with Gasteiger partial charge in [-0.25, -0.2) is 0 Å². The van der Waals surface area contributed by atoms with Gasteiger partial charge in [-0.05, 0) is 252 Å². The molecule has 0 saturated carbocycles. The van der Waals surface area contributed by atoms with Crippen molar-refractivity contribution < 1.29 is 23.7 Å². The fraction of sp³-hybridized carbons (Fsp3) is 0.444. The van der Waals surface area contributed by atoms with Crippen molar-refractivity contribution in [2.24, 2.45) is 0 Å². The molecule has 118 heavy (non-hydrogen) atoms. The molecule has 15 aromatic rings. The molecule has 0 bridgehead atoms. The third-order valence-corrected chi connectivity index (χ3v) is 32.0. The van der Waals surface area contributed by atoms with Gasteiger partial charge in [-0.15, -0.1) is 56.7 Å². The van der Waals surface area contributed by atoms with Crippen molar-refractivity contribution in [3.8, 4) is 28.7 Å². The first-order valence-electron chi connectivity index (χ1n) is 44.9. The minimum atomic E-state index is 0.829. The van der Waals surface area contributed by atoms with Gasteiger partial charge in [-0.3, -0.25) is 0 Å². The second-order valence-electron chi connectivity index (χ2n) is 33.4. The first kappa shape index (κ1) is 91.1. The van der Waals surface area contributed by atoms with Gasteiger partial charge in [0.1, 0.15) is 28.7 Å². The summed E-state index contributed by atoms with van der Waals surface area (Å²) in [6.45, 7) is 48.5. The topological polar surface area (TPSA) is 46.2 Å². The van der Waals surface area contributed by atoms with Crippen molar-refractivity contribution in [3.63, 3.8) is 0 Å². The largest absolute Gasteiger partial charge is 0.493 e. The molecule has 0 spiro atoms. The Morgan fingerprint density at radius 1 is 0.161 bits per heavy atom. The van der Waals surface area contributed by atoms with Gasteiger partial charge in [-0.1, -0.05) is 211 Å². The highest BCUT2D eigenvalue weighted by molar-refractivity contribution is 7.28. The monoisotopic (exact) mass is 1670 g/mol. The van der Waals surface area contributed by atoms with E-state index in [4.69, 9.17) is 23.7 Å². The molecule has 0 fully saturated rings. The van der Waals surface area contributed by atoms with Crippen molar-refractivity contribution >= 4 is 158 Å². The molecule has 5 heterocycles. The van der Waals surface area contributed by atoms with Gasteiger partial charge < -0.3 is 23.7 Å². The van der Waals surface area contributed by atoms with Crippen molar-refractivity contribution in [3.05, 3.63) is 205 Å². The summed E-state index contributed by atoms with van der Waals surface area (Å²) in [7, 11) is 0. The average molecular weight is 1670 g/mol. The summed E-state index contributed by atoms with van der Waals surface area (Å²) < 4.78 is 44.3. The number of aryl methyl sites for hydroxylation is 15. The fourth-order valence-electron chi connectivity index (χ4n) is 16.1. The number of ether oxygens (including phenoxy) is 5. The fourth-order valence-corrected chi connectivity index (χ4v) is 22.9. The highest BCUT2D eigenvalue weighted by Crippen LogP contribution is 2.47. The minimum absolute atomic E-state index is 0.829. The maximum Gasteiger partial charge on any atom is 0.123 e. The first-order chi connectivity index (χ1) is 57.2. The van der Waals surface area contributed by atoms with Crippen LogP contribution in [0.5, 0.6) is 28.7 Å². The van der Waals surface area contributed by atoms with Gasteiger partial charge in [-0.2, -0.15) is 0 Å². The van der Waals surface area contributed by atoms with Crippen molar-refractivity contribution in [2.75, 3.05) is 33.0 Å². The Morgan fingerprint density at radius 2 is 0.297 bits per heavy atom. The molecule has 0 atom stereocenters. The molecule has 0 unspecified atom stereocenters. The zero-order valence-electron chi connectivity index (χ0n) is 75.4. The number of unbranched alkanes of at least 4 members (excludes halogenated alkanes) is 18. The van der Waals surface area contributed by atoms with Crippen molar-refractivity contribution in [1.82, 2.24) is 0 Å². The van der Waals surface area contributed by atoms with Gasteiger partial charge in [0.15, 0.2) is 0 Å². The number of thiophene rings is 5. The summed E-state index contributed by atoms with van der Waals surface area (Å²) in [6.07, 6.45) is 29.1. The summed E-state index contributed by atoms with van der Waals surface area (Å²) in [5.74, 6) is 5.27. The van der Waals surface area contributed by atoms with E-state index >= 15 is 0 Å². The summed E-state index contributed by atoms with van der Waals surface area (Å²) in [5.41, 5.74) is 20.3. The predicted octanol–water partition coefficient (Wildman–Crippen LogP) is 35.9. The van der Waals surface area contributed by atoms with Gasteiger partial charge in [0, 0.05) is 129 Å². The van der Waals surface area contributed by atoms with E-state index in [1.165, 1.54) is 300 Å². The molecule has 0 N–H and O–H groups in total. The zero-order valence-corrected chi connectivity index (χ0v) is 79.5. The Labute approximate surface area is 728 Å². The Hall–Kier alpha value is -7.70. The Morgan fingerprint density at radius 3 is 0.458 bits per heavy atom. The van der Waals surface area contributed by atoms with Crippen molar-refractivity contribution in [1.29, 1.82) is 0 Å². The molecule has 0 aliphatic carbocycles. The van der Waals surface area contributed by atoms with Crippen LogP contribution in [0.15, 0.2) is 121 Å². The van der Waals surface area contributed by atoms with E-state index in [1.807, 2.05) is 56.7 Å². The van der Waals surface area contributed by atoms with Crippen LogP contribution < -0.4 is 23.7 Å². The van der Waals surface area contributed by atoms with E-state index in [0.717, 1.165) is 93.9 Å². The minimum Gasteiger partial charge on any atom is -0.493 e. The lowest BCUT2D eigenvalue weighted by Crippen LogP contribution is -1.98. The third kappa shape index (κ3) is 21.6. The second-order valence-corrected chi connectivity index (χ2v) is 38.5. The molecule has 0 radical (unpaired) electrons. The maximum atomic E-state index is 6.08. The van der Waals surface area contributed by atoms with E-state index in [9.17, 15) is 0 Å². The maximum absolute atomic E-state index is 6.08. The number of benzene rings is 10. The molecule has 628 valence electrons. The van der Waals surface area contributed by atoms with E-state index in [0.29, 0.717) is 0 Å². The van der Waals surface area contributed by atoms with E-state index in [1.54, 1.807) is 0 Å². The number of fused-ring (bicyclic) bond motifs is 15. The van der Waals surface area contributed by atoms with Crippen LogP contribution in [0.25, 0.3) is 101 Å². The van der Waals surface area contributed by atoms with Gasteiger partial charge in [0.05, 0.1) is 33.0 Å². The van der Waals surface area contributed by atoms with Crippen LogP contribution in [0.1, 0.15) is 266 Å². The molecule has 5 aromatic heterocycles. The smallest absolute Gasteiger partial charge is 0.123 e. The number of hydrogen-bond donors (Lipinski definition) is 0. The first-order valence-corrected chi connectivity index (χ1v) is 49.0. The molecule has 0 aliphatic rings. The van der Waals surface area contributed by atoms with Gasteiger partial charge in [0.25, 0.3) is 0 Å². The number of hydrogen-bond acceptors (Lipinski definition) is 10. The zero-order chi connectivity index (χ0) is 84.1. The quantitative estimate of drug-likeness (QED) is 0.0384. The van der Waals surface area contributed by atoms with Crippen LogP contribution in [0.3, 0.4) is 0 Å². The summed E-state index contributed by atoms with van der Waals surface area (Å²) >= 11 is 9.56. The highest BCUT2D eigenvalue weighted by Gasteiger charge is 2.20. The molecule has 15 rings (SSSR count). The Balaban J connectivity index is 0.000000145. The summed E-state index contributed by atoms with van der Waals surface area (Å²) in [4.78, 5) is 0. The average Bonchev–Trinajstić information content (AvgIpc) is 1.64. The molecule has 5 nitrogen and oxygen atoms in total. The van der Waals surface area contributed by atoms with Crippen LogP contribution in [0.2, 0.25) is 0 Å². The van der Waals surface area contributed by atoms with Crippen LogP contribution in [0.4, 0.5) is 0 Å². The van der Waals surface area contributed by atoms with E-state index < -0.39 is 0 Å². The van der Waals surface area contributed by atoms with Gasteiger partial charge >= 0.3 is 0 Å². The van der Waals surface area contributed by atoms with E-state index in [-0.39, 0.29) is 0 Å². The molecule has 0 amide bonds. The molecule has 0 aliphatic heterocycles. The number of rotatable bonds is 33. The van der Waals surface area contributed by atoms with Crippen LogP contribution in [-0.2, 0) is 0 Å². The standard InChI is InChI=1S/3C22H28OS.2C21H26OS/c3*1-5-6-7-8-9-14-23-20-13-12-19-18-11-10-15(2)16(3)21(18)24-22(19)17(20)4;2*1-5-6-7-8-13-22-19-12-11-18-17-10-9-14(2)15(3)20(17)23-21(18)16(19)4/h3*10-13H,5-9,14H2,1-4H3;2*9-12H,5-8,13H2,1-4H3. The molecule has 0 saturated heterocycles. The lowest BCUT2D eigenvalue weighted by atomic mass is 10.0. The molecular formula is C108H136O5S5. The Kier molecular flexibility index (Phi) is 34.1. The summed E-state index contributed by atoms with van der Waals surface area (Å²) in [6, 6.07) is 44.5. The predicted molar refractivity (Wildman–Crippen MR) is 530 cm³/mol. The van der Waals surface area contributed by atoms with Gasteiger partial charge in [0.2, 0.25) is 0 Å². The SMILES string of the molecule is CCCCCCCOc1ccc2c(sc3c(C)c(C)ccc32)c1C.CCCCCCCOc1ccc2c(sc3c(C)c(C)ccc32)c1C.CCCCCCCOc1ccc2c(sc3c(C)c(C)ccc32)c1C.CCCCCCOc1ccc2c(sc3c(C)c(C)ccc32)c1C.CCCCCCOc1ccc2c(sc3c(C)c(C)ccc32)c1C. The second kappa shape index (κ2) is 44.2. The van der Waals surface area contributed by atoms with Crippen LogP contribution in [-0.4, -0.2) is 33.0 Å². The van der Waals surface area contributed by atoms with Crippen LogP contribution in [0, 0.1) is 104 Å². The summed E-state index contributed by atoms with van der Waals surface area (Å²) in [5, 5.41) is 13.7. The molecule has 10 heteroatoms. The Bertz CT molecular complexity index is 5370. The lowest BCUT2D eigenvalue weighted by Gasteiger charge is -2.09. The van der Waals surface area contributed by atoms with Crippen molar-refractivity contribution in [2.45, 2.75) is 286 Å². The third-order valence-electron chi connectivity index (χ3n) is 24.7. The highest BCUT2D eigenvalue weighted by atomic mass is 32.1. The normalized spacial score (nSPS) is 11.5.